The number of rotatable bonds is 2. The lowest BCUT2D eigenvalue weighted by Gasteiger charge is -2.36. The number of aliphatic hydroxyl groups excluding tert-OH is 1. The third kappa shape index (κ3) is 3.07. The number of carbonyl (C=O) groups excluding carboxylic acids is 1. The molecule has 0 aliphatic carbocycles. The van der Waals surface area contributed by atoms with Crippen LogP contribution in [0.2, 0.25) is 5.02 Å². The Balaban J connectivity index is 1.80. The summed E-state index contributed by atoms with van der Waals surface area (Å²) in [6.45, 7) is 0.386. The van der Waals surface area contributed by atoms with E-state index in [2.05, 4.69) is 5.32 Å². The second-order valence-electron chi connectivity index (χ2n) is 5.58. The van der Waals surface area contributed by atoms with E-state index in [1.807, 2.05) is 30.3 Å². The molecule has 1 unspecified atom stereocenters. The molecule has 2 aromatic carbocycles. The summed E-state index contributed by atoms with van der Waals surface area (Å²) in [6.07, 6.45) is 0.744. The van der Waals surface area contributed by atoms with Crippen molar-refractivity contribution in [1.82, 2.24) is 4.90 Å². The Morgan fingerprint density at radius 1 is 1.38 bits per heavy atom. The Labute approximate surface area is 145 Å². The fraction of sp³-hybridized carbons (Fsp3) is 0.222. The third-order valence-corrected chi connectivity index (χ3v) is 4.50. The van der Waals surface area contributed by atoms with E-state index in [1.54, 1.807) is 23.1 Å². The average molecular weight is 342 g/mol. The molecule has 3 rings (SSSR count). The molecule has 0 spiro atoms. The van der Waals surface area contributed by atoms with Gasteiger partial charge < -0.3 is 15.3 Å². The summed E-state index contributed by atoms with van der Waals surface area (Å²) in [4.78, 5) is 14.2. The van der Waals surface area contributed by atoms with Gasteiger partial charge in [-0.25, -0.2) is 4.79 Å². The maximum absolute atomic E-state index is 12.6. The number of hydrogen-bond acceptors (Lipinski definition) is 3. The smallest absolute Gasteiger partial charge is 0.322 e. The predicted molar refractivity (Wildman–Crippen MR) is 91.9 cm³/mol. The topological polar surface area (TPSA) is 76.4 Å². The maximum Gasteiger partial charge on any atom is 0.322 e. The highest BCUT2D eigenvalue weighted by atomic mass is 35.5. The number of hydrogen-bond donors (Lipinski definition) is 2. The molecule has 5 nitrogen and oxygen atoms in total. The first-order valence-electron chi connectivity index (χ1n) is 7.60. The largest absolute Gasteiger partial charge is 0.394 e. The van der Waals surface area contributed by atoms with Gasteiger partial charge in [0, 0.05) is 12.2 Å². The van der Waals surface area contributed by atoms with Gasteiger partial charge in [0.1, 0.15) is 6.07 Å². The lowest BCUT2D eigenvalue weighted by molar-refractivity contribution is 0.135. The van der Waals surface area contributed by atoms with Crippen molar-refractivity contribution in [2.75, 3.05) is 18.5 Å². The summed E-state index contributed by atoms with van der Waals surface area (Å²) < 4.78 is 0. The van der Waals surface area contributed by atoms with Crippen LogP contribution in [-0.4, -0.2) is 29.2 Å². The van der Waals surface area contributed by atoms with E-state index in [9.17, 15) is 9.90 Å². The van der Waals surface area contributed by atoms with Gasteiger partial charge in [0.15, 0.2) is 0 Å². The number of carbonyl (C=O) groups is 1. The summed E-state index contributed by atoms with van der Waals surface area (Å²) in [7, 11) is 0. The van der Waals surface area contributed by atoms with Crippen LogP contribution in [0, 0.1) is 11.3 Å². The lowest BCUT2D eigenvalue weighted by Crippen LogP contribution is -2.43. The summed E-state index contributed by atoms with van der Waals surface area (Å²) in [5.41, 5.74) is 3.00. The first-order chi connectivity index (χ1) is 11.6. The van der Waals surface area contributed by atoms with Crippen LogP contribution < -0.4 is 5.32 Å². The first-order valence-corrected chi connectivity index (χ1v) is 7.97. The number of nitrogens with zero attached hydrogens (tertiary/aromatic N) is 2. The van der Waals surface area contributed by atoms with E-state index < -0.39 is 0 Å². The van der Waals surface area contributed by atoms with Crippen LogP contribution in [-0.2, 0) is 6.42 Å². The van der Waals surface area contributed by atoms with E-state index in [1.165, 1.54) is 0 Å². The molecule has 122 valence electrons. The molecule has 0 saturated carbocycles. The highest BCUT2D eigenvalue weighted by Gasteiger charge is 2.30. The Morgan fingerprint density at radius 2 is 2.17 bits per heavy atom. The standard InChI is InChI=1S/C18H16ClN3O2/c19-16-9-14(6-5-13(16)10-20)21-18(24)22-8-7-12-3-1-2-4-15(12)17(22)11-23/h1-6,9,17,23H,7-8,11H2,(H,21,24). The molecule has 0 aromatic heterocycles. The van der Waals surface area contributed by atoms with Crippen LogP contribution in [0.4, 0.5) is 10.5 Å². The number of benzene rings is 2. The lowest BCUT2D eigenvalue weighted by atomic mass is 9.93. The Hall–Kier alpha value is -2.55. The molecule has 24 heavy (non-hydrogen) atoms. The molecular formula is C18H16ClN3O2. The summed E-state index contributed by atoms with van der Waals surface area (Å²) in [5.74, 6) is 0. The maximum atomic E-state index is 12.6. The fourth-order valence-electron chi connectivity index (χ4n) is 2.97. The molecule has 1 atom stereocenters. The van der Waals surface area contributed by atoms with Gasteiger partial charge in [0.25, 0.3) is 0 Å². The van der Waals surface area contributed by atoms with Crippen molar-refractivity contribution in [3.8, 4) is 6.07 Å². The average Bonchev–Trinajstić information content (AvgIpc) is 2.60. The minimum absolute atomic E-state index is 0.140. The van der Waals surface area contributed by atoms with Crippen LogP contribution in [0.15, 0.2) is 42.5 Å². The molecule has 1 heterocycles. The molecule has 2 N–H and O–H groups in total. The zero-order valence-corrected chi connectivity index (χ0v) is 13.6. The van der Waals surface area contributed by atoms with Crippen LogP contribution in [0.1, 0.15) is 22.7 Å². The highest BCUT2D eigenvalue weighted by molar-refractivity contribution is 6.32. The molecule has 0 fully saturated rings. The Kier molecular flexibility index (Phi) is 4.70. The van der Waals surface area contributed by atoms with Crippen molar-refractivity contribution in [1.29, 1.82) is 5.26 Å². The van der Waals surface area contributed by atoms with Gasteiger partial charge in [-0.1, -0.05) is 35.9 Å². The molecule has 6 heteroatoms. The predicted octanol–water partition coefficient (Wildman–Crippen LogP) is 3.34. The number of amides is 2. The third-order valence-electron chi connectivity index (χ3n) is 4.19. The highest BCUT2D eigenvalue weighted by Crippen LogP contribution is 2.30. The molecule has 2 amide bonds. The number of fused-ring (bicyclic) bond motifs is 1. The second-order valence-corrected chi connectivity index (χ2v) is 5.98. The van der Waals surface area contributed by atoms with Gasteiger partial charge in [0.2, 0.25) is 0 Å². The number of nitriles is 1. The van der Waals surface area contributed by atoms with Gasteiger partial charge >= 0.3 is 6.03 Å². The molecule has 0 radical (unpaired) electrons. The van der Waals surface area contributed by atoms with E-state index in [0.29, 0.717) is 17.8 Å². The number of anilines is 1. The summed E-state index contributed by atoms with van der Waals surface area (Å²) in [6, 6.07) is 13.9. The van der Waals surface area contributed by atoms with Crippen molar-refractivity contribution in [3.05, 3.63) is 64.2 Å². The monoisotopic (exact) mass is 341 g/mol. The van der Waals surface area contributed by atoms with Crippen molar-refractivity contribution < 1.29 is 9.90 Å². The fourth-order valence-corrected chi connectivity index (χ4v) is 3.19. The molecular weight excluding hydrogens is 326 g/mol. The Bertz CT molecular complexity index is 816. The van der Waals surface area contributed by atoms with Crippen LogP contribution in [0.25, 0.3) is 0 Å². The van der Waals surface area contributed by atoms with E-state index in [4.69, 9.17) is 16.9 Å². The number of nitrogens with one attached hydrogen (secondary N) is 1. The molecule has 2 aromatic rings. The summed E-state index contributed by atoms with van der Waals surface area (Å²) >= 11 is 5.99. The van der Waals surface area contributed by atoms with Crippen molar-refractivity contribution in [2.24, 2.45) is 0 Å². The van der Waals surface area contributed by atoms with Gasteiger partial charge in [-0.3, -0.25) is 0 Å². The molecule has 0 saturated heterocycles. The Morgan fingerprint density at radius 3 is 2.88 bits per heavy atom. The zero-order valence-electron chi connectivity index (χ0n) is 12.9. The van der Waals surface area contributed by atoms with Crippen LogP contribution in [0.5, 0.6) is 0 Å². The number of urea groups is 1. The normalized spacial score (nSPS) is 16.2. The molecule has 1 aliphatic heterocycles. The molecule has 1 aliphatic rings. The zero-order chi connectivity index (χ0) is 17.1. The van der Waals surface area contributed by atoms with E-state index >= 15 is 0 Å². The van der Waals surface area contributed by atoms with Gasteiger partial charge in [0.05, 0.1) is 23.2 Å². The van der Waals surface area contributed by atoms with Crippen LogP contribution >= 0.6 is 11.6 Å². The van der Waals surface area contributed by atoms with Gasteiger partial charge in [-0.2, -0.15) is 5.26 Å². The van der Waals surface area contributed by atoms with Gasteiger partial charge in [-0.05, 0) is 35.7 Å². The minimum atomic E-state index is -0.371. The SMILES string of the molecule is N#Cc1ccc(NC(=O)N2CCc3ccccc3C2CO)cc1Cl. The summed E-state index contributed by atoms with van der Waals surface area (Å²) in [5, 5.41) is 21.7. The van der Waals surface area contributed by atoms with Gasteiger partial charge in [-0.15, -0.1) is 0 Å². The van der Waals surface area contributed by atoms with Crippen molar-refractivity contribution in [2.45, 2.75) is 12.5 Å². The van der Waals surface area contributed by atoms with E-state index in [-0.39, 0.29) is 23.7 Å². The first kappa shape index (κ1) is 16.3. The number of aliphatic hydroxyl groups is 1. The minimum Gasteiger partial charge on any atom is -0.394 e. The van der Waals surface area contributed by atoms with E-state index in [0.717, 1.165) is 17.5 Å². The quantitative estimate of drug-likeness (QED) is 0.879. The molecule has 0 bridgehead atoms. The van der Waals surface area contributed by atoms with Crippen molar-refractivity contribution >= 4 is 23.3 Å². The second kappa shape index (κ2) is 6.91. The van der Waals surface area contributed by atoms with Crippen molar-refractivity contribution in [3.63, 3.8) is 0 Å². The number of halogens is 1. The van der Waals surface area contributed by atoms with Crippen LogP contribution in [0.3, 0.4) is 0 Å².